The summed E-state index contributed by atoms with van der Waals surface area (Å²) in [5, 5.41) is 4.33. The second-order valence-corrected chi connectivity index (χ2v) is 8.87. The number of rotatable bonds is 4. The van der Waals surface area contributed by atoms with Crippen LogP contribution in [0.3, 0.4) is 0 Å². The monoisotopic (exact) mass is 421 g/mol. The maximum absolute atomic E-state index is 13.2. The molecular formula is C19H17ClFN3O3S. The zero-order chi connectivity index (χ0) is 19.9. The lowest BCUT2D eigenvalue weighted by Crippen LogP contribution is -2.31. The van der Waals surface area contributed by atoms with Gasteiger partial charge in [-0.1, -0.05) is 22.8 Å². The van der Waals surface area contributed by atoms with Gasteiger partial charge in [0.25, 0.3) is 0 Å². The quantitative estimate of drug-likeness (QED) is 0.625. The Morgan fingerprint density at radius 2 is 1.96 bits per heavy atom. The van der Waals surface area contributed by atoms with Gasteiger partial charge in [-0.2, -0.15) is 9.29 Å². The first-order valence-corrected chi connectivity index (χ1v) is 10.6. The van der Waals surface area contributed by atoms with Crippen LogP contribution in [0.1, 0.15) is 30.3 Å². The van der Waals surface area contributed by atoms with Crippen LogP contribution in [-0.4, -0.2) is 29.4 Å². The number of sulfonamides is 1. The van der Waals surface area contributed by atoms with E-state index in [2.05, 4.69) is 10.1 Å². The summed E-state index contributed by atoms with van der Waals surface area (Å²) in [6.45, 7) is 2.03. The molecule has 0 N–H and O–H groups in total. The molecular weight excluding hydrogens is 405 g/mol. The van der Waals surface area contributed by atoms with E-state index in [9.17, 15) is 12.8 Å². The van der Waals surface area contributed by atoms with Crippen LogP contribution in [-0.2, 0) is 10.0 Å². The normalized spacial score (nSPS) is 17.9. The second-order valence-electron chi connectivity index (χ2n) is 6.60. The molecule has 2 aromatic carbocycles. The van der Waals surface area contributed by atoms with Crippen LogP contribution in [0.4, 0.5) is 4.39 Å². The summed E-state index contributed by atoms with van der Waals surface area (Å²) in [4.78, 5) is 4.53. The molecule has 1 atom stereocenters. The summed E-state index contributed by atoms with van der Waals surface area (Å²) < 4.78 is 46.3. The molecule has 1 aromatic heterocycles. The van der Waals surface area contributed by atoms with Crippen LogP contribution in [0, 0.1) is 12.7 Å². The number of aromatic nitrogens is 2. The number of nitrogens with zero attached hydrogens (tertiary/aromatic N) is 3. The fourth-order valence-electron chi connectivity index (χ4n) is 3.35. The molecule has 1 aliphatic rings. The largest absolute Gasteiger partial charge is 0.337 e. The van der Waals surface area contributed by atoms with Crippen LogP contribution in [0.25, 0.3) is 11.4 Å². The van der Waals surface area contributed by atoms with E-state index in [1.54, 1.807) is 37.3 Å². The average Bonchev–Trinajstić information content (AvgIpc) is 3.33. The molecule has 1 fully saturated rings. The van der Waals surface area contributed by atoms with E-state index >= 15 is 0 Å². The van der Waals surface area contributed by atoms with Gasteiger partial charge < -0.3 is 4.52 Å². The maximum atomic E-state index is 13.2. The molecule has 6 nitrogen and oxygen atoms in total. The number of benzene rings is 2. The molecule has 0 unspecified atom stereocenters. The van der Waals surface area contributed by atoms with Crippen LogP contribution in [0.2, 0.25) is 5.02 Å². The Bertz CT molecular complexity index is 1120. The Morgan fingerprint density at radius 3 is 2.71 bits per heavy atom. The zero-order valence-electron chi connectivity index (χ0n) is 15.0. The van der Waals surface area contributed by atoms with Crippen LogP contribution >= 0.6 is 11.6 Å². The van der Waals surface area contributed by atoms with Crippen molar-refractivity contribution in [1.29, 1.82) is 0 Å². The third-order valence-corrected chi connectivity index (χ3v) is 7.30. The Hall–Kier alpha value is -2.29. The van der Waals surface area contributed by atoms with E-state index in [-0.39, 0.29) is 22.4 Å². The van der Waals surface area contributed by atoms with Gasteiger partial charge in [0.15, 0.2) is 0 Å². The van der Waals surface area contributed by atoms with Crippen molar-refractivity contribution in [3.05, 3.63) is 64.8 Å². The van der Waals surface area contributed by atoms with E-state index in [1.165, 1.54) is 16.4 Å². The van der Waals surface area contributed by atoms with Crippen molar-refractivity contribution in [3.63, 3.8) is 0 Å². The minimum atomic E-state index is -3.78. The van der Waals surface area contributed by atoms with Crippen LogP contribution < -0.4 is 0 Å². The van der Waals surface area contributed by atoms with Gasteiger partial charge in [-0.3, -0.25) is 0 Å². The second kappa shape index (κ2) is 7.27. The number of halogens is 2. The summed E-state index contributed by atoms with van der Waals surface area (Å²) in [7, 11) is -3.78. The van der Waals surface area contributed by atoms with Crippen molar-refractivity contribution < 1.29 is 17.3 Å². The van der Waals surface area contributed by atoms with E-state index in [4.69, 9.17) is 16.1 Å². The molecule has 3 aromatic rings. The molecule has 28 heavy (non-hydrogen) atoms. The van der Waals surface area contributed by atoms with E-state index in [1.807, 2.05) is 0 Å². The Kier molecular flexibility index (Phi) is 4.95. The molecule has 0 amide bonds. The highest BCUT2D eigenvalue weighted by Crippen LogP contribution is 2.38. The van der Waals surface area contributed by atoms with Crippen molar-refractivity contribution in [2.24, 2.45) is 0 Å². The minimum absolute atomic E-state index is 0.171. The van der Waals surface area contributed by atoms with Crippen molar-refractivity contribution >= 4 is 21.6 Å². The van der Waals surface area contributed by atoms with Crippen molar-refractivity contribution in [3.8, 4) is 11.4 Å². The highest BCUT2D eigenvalue weighted by molar-refractivity contribution is 7.89. The Balaban J connectivity index is 1.67. The Labute approximate surface area is 167 Å². The number of hydrogen-bond donors (Lipinski definition) is 0. The van der Waals surface area contributed by atoms with Gasteiger partial charge >= 0.3 is 0 Å². The Morgan fingerprint density at radius 1 is 1.21 bits per heavy atom. The molecule has 0 aliphatic carbocycles. The van der Waals surface area contributed by atoms with Gasteiger partial charge in [-0.25, -0.2) is 12.8 Å². The molecule has 0 saturated carbocycles. The van der Waals surface area contributed by atoms with Crippen LogP contribution in [0.15, 0.2) is 51.9 Å². The third-order valence-electron chi connectivity index (χ3n) is 4.84. The summed E-state index contributed by atoms with van der Waals surface area (Å²) in [5.74, 6) is 0.149. The van der Waals surface area contributed by atoms with Gasteiger partial charge in [0.2, 0.25) is 21.7 Å². The minimum Gasteiger partial charge on any atom is -0.337 e. The highest BCUT2D eigenvalue weighted by atomic mass is 35.5. The summed E-state index contributed by atoms with van der Waals surface area (Å²) in [6, 6.07) is 9.97. The lowest BCUT2D eigenvalue weighted by molar-refractivity contribution is 0.290. The highest BCUT2D eigenvalue weighted by Gasteiger charge is 2.40. The molecule has 0 spiro atoms. The third kappa shape index (κ3) is 3.32. The fourth-order valence-corrected chi connectivity index (χ4v) is 5.49. The first-order valence-electron chi connectivity index (χ1n) is 8.74. The maximum Gasteiger partial charge on any atom is 0.245 e. The predicted octanol–water partition coefficient (Wildman–Crippen LogP) is 4.36. The van der Waals surface area contributed by atoms with Crippen molar-refractivity contribution in [2.45, 2.75) is 30.7 Å². The van der Waals surface area contributed by atoms with E-state index in [0.717, 1.165) is 0 Å². The molecule has 4 rings (SSSR count). The fraction of sp³-hybridized carbons (Fsp3) is 0.263. The predicted molar refractivity (Wildman–Crippen MR) is 102 cm³/mol. The van der Waals surface area contributed by atoms with Gasteiger partial charge in [0.05, 0.1) is 4.90 Å². The topological polar surface area (TPSA) is 76.3 Å². The summed E-state index contributed by atoms with van der Waals surface area (Å²) >= 11 is 6.11. The molecule has 2 heterocycles. The summed E-state index contributed by atoms with van der Waals surface area (Å²) in [6.07, 6.45) is 1.25. The van der Waals surface area contributed by atoms with Gasteiger partial charge in [0, 0.05) is 17.1 Å². The van der Waals surface area contributed by atoms with Crippen LogP contribution in [0.5, 0.6) is 0 Å². The molecule has 146 valence electrons. The van der Waals surface area contributed by atoms with Crippen molar-refractivity contribution in [1.82, 2.24) is 14.4 Å². The lowest BCUT2D eigenvalue weighted by Gasteiger charge is -2.22. The number of hydrogen-bond acceptors (Lipinski definition) is 5. The molecule has 1 aliphatic heterocycles. The molecule has 1 saturated heterocycles. The molecule has 9 heteroatoms. The van der Waals surface area contributed by atoms with E-state index in [0.29, 0.717) is 35.5 Å². The summed E-state index contributed by atoms with van der Waals surface area (Å²) in [5.41, 5.74) is 1.10. The lowest BCUT2D eigenvalue weighted by atomic mass is 10.2. The smallest absolute Gasteiger partial charge is 0.245 e. The molecule has 0 radical (unpaired) electrons. The zero-order valence-corrected chi connectivity index (χ0v) is 16.5. The standard InChI is InChI=1S/C19H17ClFN3O3S/c1-12-15(20)4-2-6-17(12)28(25,26)24-11-3-5-16(24)19-22-18(23-27-19)13-7-9-14(21)10-8-13/h2,4,6-10,16H,3,5,11H2,1H3/t16-/m1/s1. The van der Waals surface area contributed by atoms with Gasteiger partial charge in [-0.15, -0.1) is 0 Å². The molecule has 0 bridgehead atoms. The van der Waals surface area contributed by atoms with Crippen molar-refractivity contribution in [2.75, 3.05) is 6.54 Å². The first kappa shape index (κ1) is 19.0. The van der Waals surface area contributed by atoms with Gasteiger partial charge in [-0.05, 0) is 61.7 Å². The van der Waals surface area contributed by atoms with Gasteiger partial charge in [0.1, 0.15) is 11.9 Å². The first-order chi connectivity index (χ1) is 13.4. The van der Waals surface area contributed by atoms with E-state index < -0.39 is 16.1 Å². The SMILES string of the molecule is Cc1c(Cl)cccc1S(=O)(=O)N1CCC[C@@H]1c1nc(-c2ccc(F)cc2)no1. The average molecular weight is 422 g/mol.